The van der Waals surface area contributed by atoms with E-state index in [2.05, 4.69) is 5.32 Å². The molecule has 0 aliphatic carbocycles. The highest BCUT2D eigenvalue weighted by Crippen LogP contribution is 2.32. The van der Waals surface area contributed by atoms with Crippen molar-refractivity contribution in [1.82, 2.24) is 4.57 Å². The van der Waals surface area contributed by atoms with Gasteiger partial charge in [-0.2, -0.15) is 0 Å². The van der Waals surface area contributed by atoms with Crippen LogP contribution in [0.2, 0.25) is 0 Å². The second-order valence-electron chi connectivity index (χ2n) is 6.19. The van der Waals surface area contributed by atoms with Crippen LogP contribution in [0, 0.1) is 25.5 Å². The molecule has 0 bridgehead atoms. The summed E-state index contributed by atoms with van der Waals surface area (Å²) < 4.78 is 34.5. The number of aromatic nitrogens is 1. The highest BCUT2D eigenvalue weighted by molar-refractivity contribution is 7.15. The maximum absolute atomic E-state index is 13.7. The molecule has 3 aromatic rings. The van der Waals surface area contributed by atoms with Crippen molar-refractivity contribution < 1.29 is 23.1 Å². The molecule has 1 amide bonds. The number of carbonyl (C=O) groups excluding carboxylic acids is 2. The lowest BCUT2D eigenvalue weighted by molar-refractivity contribution is -0.123. The molecular formula is C20H18F2N2O3S. The Bertz CT molecular complexity index is 1010. The molecule has 0 spiro atoms. The van der Waals surface area contributed by atoms with Crippen LogP contribution in [0.15, 0.2) is 42.7 Å². The molecule has 146 valence electrons. The molecule has 3 rings (SSSR count). The number of para-hydroxylation sites is 1. The Morgan fingerprint density at radius 1 is 1.11 bits per heavy atom. The van der Waals surface area contributed by atoms with E-state index >= 15 is 0 Å². The molecule has 0 unspecified atom stereocenters. The lowest BCUT2D eigenvalue weighted by atomic mass is 10.1. The Balaban J connectivity index is 1.79. The number of rotatable bonds is 5. The summed E-state index contributed by atoms with van der Waals surface area (Å²) in [4.78, 5) is 25.9. The van der Waals surface area contributed by atoms with E-state index < -0.39 is 35.3 Å². The number of anilines is 1. The smallest absolute Gasteiger partial charge is 0.342 e. The average Bonchev–Trinajstić information content (AvgIpc) is 3.27. The van der Waals surface area contributed by atoms with Crippen molar-refractivity contribution in [3.8, 4) is 5.00 Å². The first-order valence-electron chi connectivity index (χ1n) is 8.48. The van der Waals surface area contributed by atoms with E-state index in [0.717, 1.165) is 22.6 Å². The third-order valence-electron chi connectivity index (χ3n) is 4.27. The molecule has 0 fully saturated rings. The van der Waals surface area contributed by atoms with Crippen molar-refractivity contribution in [3.63, 3.8) is 0 Å². The fourth-order valence-electron chi connectivity index (χ4n) is 2.62. The molecule has 8 heteroatoms. The van der Waals surface area contributed by atoms with Crippen molar-refractivity contribution in [2.45, 2.75) is 26.9 Å². The zero-order valence-electron chi connectivity index (χ0n) is 15.5. The number of carbonyl (C=O) groups is 2. The zero-order chi connectivity index (χ0) is 20.4. The average molecular weight is 404 g/mol. The summed E-state index contributed by atoms with van der Waals surface area (Å²) in [5.74, 6) is -3.33. The quantitative estimate of drug-likeness (QED) is 0.632. The number of halogens is 2. The van der Waals surface area contributed by atoms with Gasteiger partial charge in [-0.1, -0.05) is 6.07 Å². The summed E-state index contributed by atoms with van der Waals surface area (Å²) in [6.45, 7) is 5.03. The third-order valence-corrected chi connectivity index (χ3v) is 5.49. The third kappa shape index (κ3) is 3.82. The SMILES string of the molecule is Cc1sc(-n2cccc2)c(C(=O)O[C@H](C)C(=O)Nc2c(F)cccc2F)c1C. The van der Waals surface area contributed by atoms with Gasteiger partial charge < -0.3 is 14.6 Å². The number of amides is 1. The number of esters is 1. The van der Waals surface area contributed by atoms with Crippen molar-refractivity contribution in [2.24, 2.45) is 0 Å². The summed E-state index contributed by atoms with van der Waals surface area (Å²) in [5, 5.41) is 2.81. The molecule has 1 atom stereocenters. The molecule has 2 aromatic heterocycles. The Hall–Kier alpha value is -3.00. The van der Waals surface area contributed by atoms with Crippen LogP contribution in [0.1, 0.15) is 27.7 Å². The molecular weight excluding hydrogens is 386 g/mol. The van der Waals surface area contributed by atoms with Gasteiger partial charge in [0.2, 0.25) is 0 Å². The first-order valence-corrected chi connectivity index (χ1v) is 9.30. The zero-order valence-corrected chi connectivity index (χ0v) is 16.3. The van der Waals surface area contributed by atoms with Crippen LogP contribution < -0.4 is 5.32 Å². The van der Waals surface area contributed by atoms with Crippen LogP contribution in [0.5, 0.6) is 0 Å². The maximum Gasteiger partial charge on any atom is 0.342 e. The maximum atomic E-state index is 13.7. The summed E-state index contributed by atoms with van der Waals surface area (Å²) in [6, 6.07) is 6.90. The van der Waals surface area contributed by atoms with Crippen LogP contribution in [-0.2, 0) is 9.53 Å². The normalized spacial score (nSPS) is 11.9. The number of hydrogen-bond acceptors (Lipinski definition) is 4. The fourth-order valence-corrected chi connectivity index (χ4v) is 3.73. The number of nitrogens with zero attached hydrogens (tertiary/aromatic N) is 1. The lowest BCUT2D eigenvalue weighted by Crippen LogP contribution is -2.31. The fraction of sp³-hybridized carbons (Fsp3) is 0.200. The summed E-state index contributed by atoms with van der Waals surface area (Å²) in [5.41, 5.74) is 0.535. The van der Waals surface area contributed by atoms with Gasteiger partial charge >= 0.3 is 5.97 Å². The Kier molecular flexibility index (Phi) is 5.60. The van der Waals surface area contributed by atoms with Gasteiger partial charge in [0.15, 0.2) is 6.10 Å². The highest BCUT2D eigenvalue weighted by atomic mass is 32.1. The van der Waals surface area contributed by atoms with E-state index in [9.17, 15) is 18.4 Å². The minimum Gasteiger partial charge on any atom is -0.449 e. The van der Waals surface area contributed by atoms with Gasteiger partial charge in [-0.3, -0.25) is 4.79 Å². The molecule has 5 nitrogen and oxygen atoms in total. The molecule has 28 heavy (non-hydrogen) atoms. The van der Waals surface area contributed by atoms with E-state index in [0.29, 0.717) is 10.6 Å². The Morgan fingerprint density at radius 3 is 2.32 bits per heavy atom. The number of hydrogen-bond donors (Lipinski definition) is 1. The number of ether oxygens (including phenoxy) is 1. The molecule has 1 N–H and O–H groups in total. The van der Waals surface area contributed by atoms with E-state index in [1.165, 1.54) is 24.3 Å². The summed E-state index contributed by atoms with van der Waals surface area (Å²) in [7, 11) is 0. The van der Waals surface area contributed by atoms with E-state index in [1.54, 1.807) is 23.9 Å². The minimum absolute atomic E-state index is 0.357. The highest BCUT2D eigenvalue weighted by Gasteiger charge is 2.26. The molecule has 0 aliphatic heterocycles. The van der Waals surface area contributed by atoms with Crippen LogP contribution >= 0.6 is 11.3 Å². The first-order chi connectivity index (χ1) is 13.3. The monoisotopic (exact) mass is 404 g/mol. The van der Waals surface area contributed by atoms with E-state index in [-0.39, 0.29) is 0 Å². The second kappa shape index (κ2) is 7.93. The van der Waals surface area contributed by atoms with Crippen molar-refractivity contribution in [2.75, 3.05) is 5.32 Å². The van der Waals surface area contributed by atoms with Gasteiger partial charge in [0.1, 0.15) is 22.3 Å². The summed E-state index contributed by atoms with van der Waals surface area (Å²) in [6.07, 6.45) is 2.36. The number of nitrogens with one attached hydrogen (secondary N) is 1. The van der Waals surface area contributed by atoms with Crippen LogP contribution in [0.3, 0.4) is 0 Å². The van der Waals surface area contributed by atoms with E-state index in [4.69, 9.17) is 4.74 Å². The van der Waals surface area contributed by atoms with Crippen molar-refractivity contribution >= 4 is 28.9 Å². The topological polar surface area (TPSA) is 60.3 Å². The molecule has 0 saturated carbocycles. The first kappa shape index (κ1) is 19.8. The Morgan fingerprint density at radius 2 is 1.71 bits per heavy atom. The second-order valence-corrected chi connectivity index (χ2v) is 7.39. The van der Waals surface area contributed by atoms with Gasteiger partial charge in [0.25, 0.3) is 5.91 Å². The minimum atomic E-state index is -1.25. The molecule has 0 radical (unpaired) electrons. The number of thiophene rings is 1. The molecule has 0 aliphatic rings. The van der Waals surface area contributed by atoms with Crippen LogP contribution in [0.25, 0.3) is 5.00 Å². The lowest BCUT2D eigenvalue weighted by Gasteiger charge is -2.15. The molecule has 1 aromatic carbocycles. The number of benzene rings is 1. The van der Waals surface area contributed by atoms with Crippen molar-refractivity contribution in [3.05, 3.63) is 70.4 Å². The standard InChI is InChI=1S/C20H18F2N2O3S/c1-11-13(3)28-19(24-9-4-5-10-24)16(11)20(26)27-12(2)18(25)23-17-14(21)7-6-8-15(17)22/h4-10,12H,1-3H3,(H,23,25)/t12-/m1/s1. The van der Waals surface area contributed by atoms with E-state index in [1.807, 2.05) is 19.1 Å². The summed E-state index contributed by atoms with van der Waals surface area (Å²) >= 11 is 1.43. The Labute approximate surface area is 164 Å². The predicted octanol–water partition coefficient (Wildman–Crippen LogP) is 4.62. The van der Waals surface area contributed by atoms with Gasteiger partial charge in [-0.05, 0) is 50.6 Å². The molecule has 0 saturated heterocycles. The molecule has 2 heterocycles. The van der Waals surface area contributed by atoms with Gasteiger partial charge in [0.05, 0.1) is 5.56 Å². The predicted molar refractivity (Wildman–Crippen MR) is 103 cm³/mol. The van der Waals surface area contributed by atoms with Gasteiger partial charge in [-0.25, -0.2) is 13.6 Å². The van der Waals surface area contributed by atoms with Gasteiger partial charge in [-0.15, -0.1) is 11.3 Å². The number of aryl methyl sites for hydroxylation is 1. The van der Waals surface area contributed by atoms with Crippen molar-refractivity contribution in [1.29, 1.82) is 0 Å². The largest absolute Gasteiger partial charge is 0.449 e. The van der Waals surface area contributed by atoms with Crippen LogP contribution in [-0.4, -0.2) is 22.5 Å². The van der Waals surface area contributed by atoms with Gasteiger partial charge in [0, 0.05) is 17.3 Å². The van der Waals surface area contributed by atoms with Crippen LogP contribution in [0.4, 0.5) is 14.5 Å².